The normalized spacial score (nSPS) is 17.6. The van der Waals surface area contributed by atoms with E-state index in [0.29, 0.717) is 5.69 Å². The molecule has 1 saturated heterocycles. The van der Waals surface area contributed by atoms with Crippen LogP contribution in [0.1, 0.15) is 33.5 Å². The summed E-state index contributed by atoms with van der Waals surface area (Å²) < 4.78 is 0. The first-order chi connectivity index (χ1) is 13.7. The fraction of sp³-hybridized carbons (Fsp3) is 0.304. The fourth-order valence-electron chi connectivity index (χ4n) is 3.73. The maximum Gasteiger partial charge on any atom is 0.273 e. The first-order valence-corrected chi connectivity index (χ1v) is 10.6. The third kappa shape index (κ3) is 4.49. The van der Waals surface area contributed by atoms with E-state index in [0.717, 1.165) is 37.6 Å². The van der Waals surface area contributed by atoms with Crippen molar-refractivity contribution >= 4 is 17.2 Å². The second-order valence-corrected chi connectivity index (χ2v) is 8.30. The number of aromatic nitrogens is 1. The number of nitrogens with zero attached hydrogens (tertiary/aromatic N) is 3. The van der Waals surface area contributed by atoms with E-state index in [4.69, 9.17) is 0 Å². The second kappa shape index (κ2) is 8.67. The highest BCUT2D eigenvalue weighted by Crippen LogP contribution is 2.19. The van der Waals surface area contributed by atoms with Crippen molar-refractivity contribution in [1.29, 1.82) is 0 Å². The number of carbonyl (C=O) groups excluding carboxylic acids is 1. The van der Waals surface area contributed by atoms with Gasteiger partial charge in [-0.25, -0.2) is 4.98 Å². The minimum absolute atomic E-state index is 0.0578. The molecule has 4 nitrogen and oxygen atoms in total. The summed E-state index contributed by atoms with van der Waals surface area (Å²) in [6.07, 6.45) is 0.777. The van der Waals surface area contributed by atoms with Crippen LogP contribution in [-0.4, -0.2) is 46.4 Å². The van der Waals surface area contributed by atoms with Crippen LogP contribution in [-0.2, 0) is 13.0 Å². The lowest BCUT2D eigenvalue weighted by atomic mass is 10.1. The summed E-state index contributed by atoms with van der Waals surface area (Å²) in [5.41, 5.74) is 3.12. The quantitative estimate of drug-likeness (QED) is 0.658. The van der Waals surface area contributed by atoms with Crippen LogP contribution in [0.3, 0.4) is 0 Å². The molecular formula is C23H25N3OS. The molecule has 1 atom stereocenters. The van der Waals surface area contributed by atoms with Gasteiger partial charge in [-0.1, -0.05) is 60.7 Å². The van der Waals surface area contributed by atoms with E-state index in [9.17, 15) is 4.79 Å². The van der Waals surface area contributed by atoms with Gasteiger partial charge in [0.05, 0.1) is 5.01 Å². The largest absolute Gasteiger partial charge is 0.332 e. The summed E-state index contributed by atoms with van der Waals surface area (Å²) in [5, 5.41) is 2.90. The van der Waals surface area contributed by atoms with Crippen molar-refractivity contribution in [3.63, 3.8) is 0 Å². The molecule has 0 N–H and O–H groups in total. The number of carbonyl (C=O) groups is 1. The van der Waals surface area contributed by atoms with E-state index in [-0.39, 0.29) is 11.9 Å². The Bertz CT molecular complexity index is 910. The van der Waals surface area contributed by atoms with Gasteiger partial charge in [0.1, 0.15) is 5.69 Å². The smallest absolute Gasteiger partial charge is 0.273 e. The van der Waals surface area contributed by atoms with Crippen molar-refractivity contribution in [1.82, 2.24) is 14.8 Å². The van der Waals surface area contributed by atoms with Gasteiger partial charge in [-0.3, -0.25) is 9.69 Å². The highest BCUT2D eigenvalue weighted by atomic mass is 32.1. The molecule has 3 aromatic rings. The third-order valence-corrected chi connectivity index (χ3v) is 6.04. The van der Waals surface area contributed by atoms with Crippen LogP contribution in [0.2, 0.25) is 0 Å². The number of thiazole rings is 1. The monoisotopic (exact) mass is 391 g/mol. The van der Waals surface area contributed by atoms with Crippen LogP contribution in [0.4, 0.5) is 0 Å². The van der Waals surface area contributed by atoms with Crippen LogP contribution >= 0.6 is 11.3 Å². The predicted molar refractivity (Wildman–Crippen MR) is 114 cm³/mol. The Morgan fingerprint density at radius 1 is 1.04 bits per heavy atom. The second-order valence-electron chi connectivity index (χ2n) is 7.36. The molecule has 2 heterocycles. The van der Waals surface area contributed by atoms with E-state index in [1.165, 1.54) is 11.1 Å². The van der Waals surface area contributed by atoms with Crippen molar-refractivity contribution in [2.75, 3.05) is 19.6 Å². The zero-order valence-corrected chi connectivity index (χ0v) is 16.9. The van der Waals surface area contributed by atoms with E-state index in [1.807, 2.05) is 34.5 Å². The molecule has 1 amide bonds. The van der Waals surface area contributed by atoms with Crippen LogP contribution in [0.15, 0.2) is 66.0 Å². The topological polar surface area (TPSA) is 36.4 Å². The summed E-state index contributed by atoms with van der Waals surface area (Å²) >= 11 is 1.57. The van der Waals surface area contributed by atoms with Crippen molar-refractivity contribution < 1.29 is 4.79 Å². The molecule has 2 aromatic carbocycles. The minimum Gasteiger partial charge on any atom is -0.332 e. The molecule has 28 heavy (non-hydrogen) atoms. The molecule has 1 fully saturated rings. The number of rotatable bonds is 5. The number of hydrogen-bond acceptors (Lipinski definition) is 4. The number of benzene rings is 2. The van der Waals surface area contributed by atoms with Crippen LogP contribution in [0, 0.1) is 0 Å². The Kier molecular flexibility index (Phi) is 5.84. The van der Waals surface area contributed by atoms with E-state index in [1.54, 1.807) is 11.3 Å². The summed E-state index contributed by atoms with van der Waals surface area (Å²) in [5.74, 6) is 0.0578. The molecular weight excluding hydrogens is 366 g/mol. The Labute approximate surface area is 170 Å². The molecule has 1 aliphatic rings. The van der Waals surface area contributed by atoms with Gasteiger partial charge in [0, 0.05) is 44.0 Å². The number of piperazine rings is 1. The average molecular weight is 392 g/mol. The van der Waals surface area contributed by atoms with E-state index >= 15 is 0 Å². The number of amides is 1. The Balaban J connectivity index is 1.36. The van der Waals surface area contributed by atoms with Gasteiger partial charge >= 0.3 is 0 Å². The van der Waals surface area contributed by atoms with Crippen LogP contribution in [0.25, 0.3) is 0 Å². The van der Waals surface area contributed by atoms with Crippen molar-refractivity contribution in [3.05, 3.63) is 87.9 Å². The van der Waals surface area contributed by atoms with Gasteiger partial charge in [-0.2, -0.15) is 0 Å². The summed E-state index contributed by atoms with van der Waals surface area (Å²) in [6, 6.07) is 21.0. The molecule has 1 aromatic heterocycles. The zero-order valence-electron chi connectivity index (χ0n) is 16.1. The molecule has 0 radical (unpaired) electrons. The zero-order chi connectivity index (χ0) is 19.3. The predicted octanol–water partition coefficient (Wildman–Crippen LogP) is 4.08. The van der Waals surface area contributed by atoms with Gasteiger partial charge in [0.2, 0.25) is 0 Å². The fourth-order valence-corrected chi connectivity index (χ4v) is 4.53. The van der Waals surface area contributed by atoms with Crippen LogP contribution in [0.5, 0.6) is 0 Å². The number of hydrogen-bond donors (Lipinski definition) is 0. The lowest BCUT2D eigenvalue weighted by Crippen LogP contribution is -2.53. The highest BCUT2D eigenvalue weighted by Gasteiger charge is 2.29. The van der Waals surface area contributed by atoms with Gasteiger partial charge in [0.25, 0.3) is 5.91 Å². The average Bonchev–Trinajstić information content (AvgIpc) is 3.18. The third-order valence-electron chi connectivity index (χ3n) is 5.19. The first-order valence-electron chi connectivity index (χ1n) is 9.74. The maximum absolute atomic E-state index is 13.0. The van der Waals surface area contributed by atoms with Gasteiger partial charge in [0.15, 0.2) is 0 Å². The lowest BCUT2D eigenvalue weighted by Gasteiger charge is -2.39. The lowest BCUT2D eigenvalue weighted by molar-refractivity contribution is 0.0470. The minimum atomic E-state index is 0.0578. The van der Waals surface area contributed by atoms with Crippen molar-refractivity contribution in [2.24, 2.45) is 0 Å². The Hall–Kier alpha value is -2.50. The summed E-state index contributed by atoms with van der Waals surface area (Å²) in [4.78, 5) is 22.0. The maximum atomic E-state index is 13.0. The summed E-state index contributed by atoms with van der Waals surface area (Å²) in [6.45, 7) is 5.60. The van der Waals surface area contributed by atoms with Crippen molar-refractivity contribution in [3.8, 4) is 0 Å². The SMILES string of the molecule is C[C@@H]1CN(Cc2ccccc2)CCN1C(=O)c1csc(Cc2ccccc2)n1. The molecule has 0 unspecified atom stereocenters. The van der Waals surface area contributed by atoms with Crippen molar-refractivity contribution in [2.45, 2.75) is 25.9 Å². The first kappa shape index (κ1) is 18.8. The Morgan fingerprint density at radius 3 is 2.39 bits per heavy atom. The molecule has 5 heteroatoms. The molecule has 0 bridgehead atoms. The molecule has 0 spiro atoms. The molecule has 4 rings (SSSR count). The van der Waals surface area contributed by atoms with Gasteiger partial charge in [-0.05, 0) is 18.1 Å². The van der Waals surface area contributed by atoms with Gasteiger partial charge < -0.3 is 4.90 Å². The molecule has 1 aliphatic heterocycles. The van der Waals surface area contributed by atoms with Crippen LogP contribution < -0.4 is 0 Å². The highest BCUT2D eigenvalue weighted by molar-refractivity contribution is 7.09. The van der Waals surface area contributed by atoms with E-state index in [2.05, 4.69) is 53.2 Å². The Morgan fingerprint density at radius 2 is 1.71 bits per heavy atom. The summed E-state index contributed by atoms with van der Waals surface area (Å²) in [7, 11) is 0. The molecule has 0 aliphatic carbocycles. The standard InChI is InChI=1S/C23H25N3OS/c1-18-15-25(16-20-10-6-3-7-11-20)12-13-26(18)23(27)21-17-28-22(24-21)14-19-8-4-2-5-9-19/h2-11,17-18H,12-16H2,1H3/t18-/m1/s1. The van der Waals surface area contributed by atoms with Gasteiger partial charge in [-0.15, -0.1) is 11.3 Å². The molecule has 144 valence electrons. The van der Waals surface area contributed by atoms with E-state index < -0.39 is 0 Å². The molecule has 0 saturated carbocycles.